The summed E-state index contributed by atoms with van der Waals surface area (Å²) in [4.78, 5) is 11.4. The van der Waals surface area contributed by atoms with Crippen LogP contribution in [-0.4, -0.2) is 12.5 Å². The van der Waals surface area contributed by atoms with Gasteiger partial charge in [-0.15, -0.1) is 0 Å². The van der Waals surface area contributed by atoms with E-state index in [-0.39, 0.29) is 5.91 Å². The van der Waals surface area contributed by atoms with Crippen LogP contribution in [0.2, 0.25) is 0 Å². The molecule has 4 nitrogen and oxygen atoms in total. The van der Waals surface area contributed by atoms with E-state index in [1.165, 1.54) is 0 Å². The van der Waals surface area contributed by atoms with Crippen molar-refractivity contribution in [3.05, 3.63) is 40.5 Å². The van der Waals surface area contributed by atoms with Gasteiger partial charge in [-0.3, -0.25) is 10.2 Å². The van der Waals surface area contributed by atoms with Gasteiger partial charge >= 0.3 is 0 Å². The molecule has 0 aromatic heterocycles. The average molecular weight is 282 g/mol. The van der Waals surface area contributed by atoms with Crippen molar-refractivity contribution in [2.24, 2.45) is 0 Å². The highest BCUT2D eigenvalue weighted by molar-refractivity contribution is 9.10. The molecule has 3 N–H and O–H groups in total. The van der Waals surface area contributed by atoms with Crippen LogP contribution in [0.15, 0.2) is 40.5 Å². The molecule has 84 valence electrons. The summed E-state index contributed by atoms with van der Waals surface area (Å²) in [6.07, 6.45) is 2.74. The van der Waals surface area contributed by atoms with E-state index in [4.69, 9.17) is 0 Å². The minimum atomic E-state index is -0.0733. The lowest BCUT2D eigenvalue weighted by molar-refractivity contribution is -0.118. The summed E-state index contributed by atoms with van der Waals surface area (Å²) in [6.45, 7) is 0.711. The van der Waals surface area contributed by atoms with Crippen molar-refractivity contribution in [3.63, 3.8) is 0 Å². The van der Waals surface area contributed by atoms with Crippen molar-refractivity contribution in [2.45, 2.75) is 6.42 Å². The van der Waals surface area contributed by atoms with E-state index in [0.29, 0.717) is 12.2 Å². The van der Waals surface area contributed by atoms with Crippen molar-refractivity contribution >= 4 is 27.5 Å². The number of anilines is 1. The summed E-state index contributed by atoms with van der Waals surface area (Å²) in [7, 11) is 0. The number of hydrogen-bond donors (Lipinski definition) is 3. The predicted molar refractivity (Wildman–Crippen MR) is 66.6 cm³/mol. The smallest absolute Gasteiger partial charge is 0.268 e. The second-order valence-corrected chi connectivity index (χ2v) is 4.33. The zero-order valence-electron chi connectivity index (χ0n) is 8.59. The summed E-state index contributed by atoms with van der Waals surface area (Å²) >= 11 is 3.36. The van der Waals surface area contributed by atoms with E-state index in [0.717, 1.165) is 16.6 Å². The highest BCUT2D eigenvalue weighted by Crippen LogP contribution is 2.13. The lowest BCUT2D eigenvalue weighted by atomic mass is 10.2. The van der Waals surface area contributed by atoms with Crippen molar-refractivity contribution in [1.82, 2.24) is 10.7 Å². The van der Waals surface area contributed by atoms with Crippen molar-refractivity contribution in [2.75, 3.05) is 12.0 Å². The lowest BCUT2D eigenvalue weighted by Crippen LogP contribution is -2.37. The van der Waals surface area contributed by atoms with Crippen LogP contribution >= 0.6 is 15.9 Å². The Hall–Kier alpha value is -1.49. The Bertz CT molecular complexity index is 414. The van der Waals surface area contributed by atoms with Crippen LogP contribution in [0.4, 0.5) is 5.69 Å². The summed E-state index contributed by atoms with van der Waals surface area (Å²) in [6, 6.07) is 7.69. The average Bonchev–Trinajstić information content (AvgIpc) is 2.30. The monoisotopic (exact) mass is 281 g/mol. The van der Waals surface area contributed by atoms with Crippen molar-refractivity contribution in [1.29, 1.82) is 0 Å². The van der Waals surface area contributed by atoms with Crippen LogP contribution in [-0.2, 0) is 4.79 Å². The topological polar surface area (TPSA) is 53.2 Å². The molecule has 0 fully saturated rings. The Morgan fingerprint density at radius 2 is 1.94 bits per heavy atom. The van der Waals surface area contributed by atoms with Crippen LogP contribution in [0, 0.1) is 0 Å². The van der Waals surface area contributed by atoms with E-state index < -0.39 is 0 Å². The van der Waals surface area contributed by atoms with Crippen LogP contribution in [0.1, 0.15) is 6.42 Å². The quantitative estimate of drug-likeness (QED) is 0.741. The van der Waals surface area contributed by atoms with E-state index >= 15 is 0 Å². The molecule has 16 heavy (non-hydrogen) atoms. The molecule has 1 aromatic carbocycles. The first-order valence-corrected chi connectivity index (χ1v) is 5.81. The Morgan fingerprint density at radius 3 is 2.62 bits per heavy atom. The number of nitrogens with one attached hydrogen (secondary N) is 3. The van der Waals surface area contributed by atoms with Crippen LogP contribution in [0.5, 0.6) is 0 Å². The van der Waals surface area contributed by atoms with Gasteiger partial charge in [0.15, 0.2) is 0 Å². The molecular weight excluding hydrogens is 270 g/mol. The molecule has 0 bridgehead atoms. The SMILES string of the molecule is O=C1NCCC=C1NNc1ccc(Br)cc1. The van der Waals surface area contributed by atoms with Gasteiger partial charge in [-0.05, 0) is 30.7 Å². The van der Waals surface area contributed by atoms with Gasteiger partial charge in [-0.25, -0.2) is 0 Å². The van der Waals surface area contributed by atoms with Gasteiger partial charge in [0.2, 0.25) is 0 Å². The molecule has 0 saturated carbocycles. The molecule has 5 heteroatoms. The normalized spacial score (nSPS) is 15.1. The van der Waals surface area contributed by atoms with Gasteiger partial charge in [0.25, 0.3) is 5.91 Å². The first-order chi connectivity index (χ1) is 7.75. The number of halogens is 1. The number of carbonyl (C=O) groups is 1. The number of benzene rings is 1. The maximum Gasteiger partial charge on any atom is 0.268 e. The highest BCUT2D eigenvalue weighted by atomic mass is 79.9. The largest absolute Gasteiger partial charge is 0.350 e. The van der Waals surface area contributed by atoms with E-state index in [1.807, 2.05) is 30.3 Å². The zero-order chi connectivity index (χ0) is 11.4. The Morgan fingerprint density at radius 1 is 1.19 bits per heavy atom. The molecule has 2 rings (SSSR count). The Labute approximate surface area is 102 Å². The molecule has 0 radical (unpaired) electrons. The van der Waals surface area contributed by atoms with E-state index in [9.17, 15) is 4.79 Å². The summed E-state index contributed by atoms with van der Waals surface area (Å²) in [5, 5.41) is 2.76. The lowest BCUT2D eigenvalue weighted by Gasteiger charge is -2.16. The van der Waals surface area contributed by atoms with Gasteiger partial charge in [-0.2, -0.15) is 0 Å². The molecule has 1 amide bonds. The fourth-order valence-corrected chi connectivity index (χ4v) is 1.63. The predicted octanol–water partition coefficient (Wildman–Crippen LogP) is 1.77. The Kier molecular flexibility index (Phi) is 3.46. The minimum Gasteiger partial charge on any atom is -0.350 e. The summed E-state index contributed by atoms with van der Waals surface area (Å²) < 4.78 is 1.02. The van der Waals surface area contributed by atoms with Gasteiger partial charge in [0, 0.05) is 11.0 Å². The maximum absolute atomic E-state index is 11.4. The molecule has 0 spiro atoms. The van der Waals surface area contributed by atoms with Crippen LogP contribution < -0.4 is 16.2 Å². The van der Waals surface area contributed by atoms with Gasteiger partial charge in [-0.1, -0.05) is 22.0 Å². The molecule has 1 aliphatic heterocycles. The van der Waals surface area contributed by atoms with Crippen LogP contribution in [0.3, 0.4) is 0 Å². The number of amides is 1. The second-order valence-electron chi connectivity index (χ2n) is 3.42. The maximum atomic E-state index is 11.4. The second kappa shape index (κ2) is 5.03. The van der Waals surface area contributed by atoms with Gasteiger partial charge in [0.1, 0.15) is 5.70 Å². The molecule has 1 heterocycles. The van der Waals surface area contributed by atoms with Gasteiger partial charge in [0.05, 0.1) is 5.69 Å². The number of hydrazine groups is 1. The molecule has 1 aromatic rings. The molecule has 0 aliphatic carbocycles. The number of hydrogen-bond acceptors (Lipinski definition) is 3. The van der Waals surface area contributed by atoms with Crippen molar-refractivity contribution < 1.29 is 4.79 Å². The number of carbonyl (C=O) groups excluding carboxylic acids is 1. The summed E-state index contributed by atoms with van der Waals surface area (Å²) in [5.74, 6) is -0.0733. The third kappa shape index (κ3) is 2.76. The first-order valence-electron chi connectivity index (χ1n) is 5.01. The van der Waals surface area contributed by atoms with Crippen molar-refractivity contribution in [3.8, 4) is 0 Å². The van der Waals surface area contributed by atoms with E-state index in [2.05, 4.69) is 32.1 Å². The fraction of sp³-hybridized carbons (Fsp3) is 0.182. The standard InChI is InChI=1S/C11H12BrN3O/c12-8-3-5-9(6-4-8)14-15-10-2-1-7-13-11(10)16/h2-6,14-15H,1,7H2,(H,13,16). The highest BCUT2D eigenvalue weighted by Gasteiger charge is 2.11. The molecule has 0 unspecified atom stereocenters. The van der Waals surface area contributed by atoms with Gasteiger partial charge < -0.3 is 10.7 Å². The number of rotatable bonds is 3. The summed E-state index contributed by atoms with van der Waals surface area (Å²) in [5.41, 5.74) is 7.33. The molecule has 1 aliphatic rings. The van der Waals surface area contributed by atoms with E-state index in [1.54, 1.807) is 0 Å². The first kappa shape index (κ1) is 11.0. The molecule has 0 saturated heterocycles. The third-order valence-electron chi connectivity index (χ3n) is 2.21. The Balaban J connectivity index is 1.94. The molecular formula is C11H12BrN3O. The fourth-order valence-electron chi connectivity index (χ4n) is 1.37. The molecule has 0 atom stereocenters. The zero-order valence-corrected chi connectivity index (χ0v) is 10.2. The minimum absolute atomic E-state index is 0.0733. The van der Waals surface area contributed by atoms with Crippen LogP contribution in [0.25, 0.3) is 0 Å². The third-order valence-corrected chi connectivity index (χ3v) is 2.74.